The highest BCUT2D eigenvalue weighted by atomic mass is 35.5. The van der Waals surface area contributed by atoms with Crippen molar-refractivity contribution in [3.63, 3.8) is 0 Å². The summed E-state index contributed by atoms with van der Waals surface area (Å²) in [7, 11) is 0. The Morgan fingerprint density at radius 3 is 2.59 bits per heavy atom. The molecular weight excluding hydrogens is 311 g/mol. The van der Waals surface area contributed by atoms with E-state index < -0.39 is 17.5 Å². The minimum atomic E-state index is -0.552. The lowest BCUT2D eigenvalue weighted by Gasteiger charge is -2.19. The first-order valence-corrected chi connectivity index (χ1v) is 7.27. The van der Waals surface area contributed by atoms with Gasteiger partial charge >= 0.3 is 6.09 Å². The monoisotopic (exact) mass is 330 g/mol. The van der Waals surface area contributed by atoms with Crippen LogP contribution in [0.15, 0.2) is 18.2 Å². The highest BCUT2D eigenvalue weighted by Gasteiger charge is 2.15. The summed E-state index contributed by atoms with van der Waals surface area (Å²) in [4.78, 5) is 23.1. The SMILES string of the molecule is CC(C)(C)OC(=O)NCCCC(=O)Nc1ccc(F)c(Cl)c1. The lowest BCUT2D eigenvalue weighted by atomic mass is 10.2. The molecule has 1 aromatic carbocycles. The van der Waals surface area contributed by atoms with Crippen LogP contribution in [0.1, 0.15) is 33.6 Å². The zero-order valence-electron chi connectivity index (χ0n) is 12.8. The fourth-order valence-electron chi connectivity index (χ4n) is 1.55. The minimum absolute atomic E-state index is 0.0515. The van der Waals surface area contributed by atoms with Crippen molar-refractivity contribution >= 4 is 29.3 Å². The van der Waals surface area contributed by atoms with Crippen LogP contribution in [0.5, 0.6) is 0 Å². The zero-order valence-corrected chi connectivity index (χ0v) is 13.6. The van der Waals surface area contributed by atoms with E-state index in [1.54, 1.807) is 20.8 Å². The van der Waals surface area contributed by atoms with E-state index in [1.165, 1.54) is 18.2 Å². The molecule has 1 aromatic rings. The van der Waals surface area contributed by atoms with E-state index in [9.17, 15) is 14.0 Å². The zero-order chi connectivity index (χ0) is 16.8. The maximum absolute atomic E-state index is 13.0. The molecule has 22 heavy (non-hydrogen) atoms. The maximum Gasteiger partial charge on any atom is 0.407 e. The third-order valence-corrected chi connectivity index (χ3v) is 2.74. The van der Waals surface area contributed by atoms with E-state index in [-0.39, 0.29) is 17.4 Å². The van der Waals surface area contributed by atoms with Crippen LogP contribution >= 0.6 is 11.6 Å². The maximum atomic E-state index is 13.0. The molecule has 0 radical (unpaired) electrons. The van der Waals surface area contributed by atoms with Gasteiger partial charge in [0.15, 0.2) is 0 Å². The van der Waals surface area contributed by atoms with Crippen molar-refractivity contribution in [3.8, 4) is 0 Å². The second kappa shape index (κ2) is 7.98. The summed E-state index contributed by atoms with van der Waals surface area (Å²) in [5, 5.41) is 5.11. The number of carbonyl (C=O) groups excluding carboxylic acids is 2. The van der Waals surface area contributed by atoms with Crippen LogP contribution in [-0.4, -0.2) is 24.1 Å². The molecule has 0 bridgehead atoms. The molecule has 2 amide bonds. The van der Waals surface area contributed by atoms with Gasteiger partial charge in [0.05, 0.1) is 5.02 Å². The topological polar surface area (TPSA) is 67.4 Å². The first kappa shape index (κ1) is 18.2. The number of carbonyl (C=O) groups is 2. The normalized spacial score (nSPS) is 11.0. The lowest BCUT2D eigenvalue weighted by molar-refractivity contribution is -0.116. The minimum Gasteiger partial charge on any atom is -0.444 e. The van der Waals surface area contributed by atoms with Gasteiger partial charge < -0.3 is 15.4 Å². The Bertz CT molecular complexity index is 544. The van der Waals surface area contributed by atoms with Crippen LogP contribution in [0.3, 0.4) is 0 Å². The molecule has 0 aliphatic heterocycles. The van der Waals surface area contributed by atoms with Crippen LogP contribution < -0.4 is 10.6 Å². The van der Waals surface area contributed by atoms with Gasteiger partial charge in [0, 0.05) is 18.7 Å². The quantitative estimate of drug-likeness (QED) is 0.808. The highest BCUT2D eigenvalue weighted by Crippen LogP contribution is 2.19. The van der Waals surface area contributed by atoms with Crippen LogP contribution in [0.2, 0.25) is 5.02 Å². The number of alkyl carbamates (subject to hydrolysis) is 1. The van der Waals surface area contributed by atoms with Gasteiger partial charge in [0.2, 0.25) is 5.91 Å². The molecule has 0 heterocycles. The Morgan fingerprint density at radius 1 is 1.32 bits per heavy atom. The molecular formula is C15H20ClFN2O3. The second-order valence-electron chi connectivity index (χ2n) is 5.71. The smallest absolute Gasteiger partial charge is 0.407 e. The number of amides is 2. The Labute approximate surface area is 134 Å². The Kier molecular flexibility index (Phi) is 6.61. The molecule has 0 atom stereocenters. The molecule has 0 saturated heterocycles. The number of rotatable bonds is 5. The number of hydrogen-bond donors (Lipinski definition) is 2. The Morgan fingerprint density at radius 2 is 2.00 bits per heavy atom. The summed E-state index contributed by atoms with van der Waals surface area (Å²) < 4.78 is 18.0. The summed E-state index contributed by atoms with van der Waals surface area (Å²) in [6.45, 7) is 5.64. The fourth-order valence-corrected chi connectivity index (χ4v) is 1.73. The van der Waals surface area contributed by atoms with E-state index in [0.29, 0.717) is 18.7 Å². The third kappa shape index (κ3) is 7.26. The summed E-state index contributed by atoms with van der Waals surface area (Å²) in [6, 6.07) is 3.95. The van der Waals surface area contributed by atoms with Crippen molar-refractivity contribution in [2.45, 2.75) is 39.2 Å². The average molecular weight is 331 g/mol. The summed E-state index contributed by atoms with van der Waals surface area (Å²) in [5.41, 5.74) is -0.125. The third-order valence-electron chi connectivity index (χ3n) is 2.45. The van der Waals surface area contributed by atoms with Crippen molar-refractivity contribution in [1.82, 2.24) is 5.32 Å². The van der Waals surface area contributed by atoms with Gasteiger partial charge in [-0.1, -0.05) is 11.6 Å². The highest BCUT2D eigenvalue weighted by molar-refractivity contribution is 6.31. The largest absolute Gasteiger partial charge is 0.444 e. The van der Waals surface area contributed by atoms with E-state index >= 15 is 0 Å². The van der Waals surface area contributed by atoms with E-state index in [1.807, 2.05) is 0 Å². The molecule has 0 saturated carbocycles. The standard InChI is InChI=1S/C15H20ClFN2O3/c1-15(2,3)22-14(21)18-8-4-5-13(20)19-10-6-7-12(17)11(16)9-10/h6-7,9H,4-5,8H2,1-3H3,(H,18,21)(H,19,20). The van der Waals surface area contributed by atoms with Crippen LogP contribution in [0.4, 0.5) is 14.9 Å². The molecule has 0 spiro atoms. The molecule has 0 aliphatic rings. The van der Waals surface area contributed by atoms with E-state index in [2.05, 4.69) is 10.6 Å². The van der Waals surface area contributed by atoms with E-state index in [4.69, 9.17) is 16.3 Å². The van der Waals surface area contributed by atoms with Crippen molar-refractivity contribution in [3.05, 3.63) is 29.0 Å². The predicted octanol–water partition coefficient (Wildman–Crippen LogP) is 3.72. The predicted molar refractivity (Wildman–Crippen MR) is 83.5 cm³/mol. The number of nitrogens with one attached hydrogen (secondary N) is 2. The molecule has 0 aromatic heterocycles. The van der Waals surface area contributed by atoms with Gasteiger partial charge in [-0.15, -0.1) is 0 Å². The van der Waals surface area contributed by atoms with Gasteiger partial charge in [-0.3, -0.25) is 4.79 Å². The number of anilines is 1. The van der Waals surface area contributed by atoms with Gasteiger partial charge in [0.25, 0.3) is 0 Å². The number of ether oxygens (including phenoxy) is 1. The lowest BCUT2D eigenvalue weighted by Crippen LogP contribution is -2.33. The van der Waals surface area contributed by atoms with Gasteiger partial charge in [-0.05, 0) is 45.4 Å². The van der Waals surface area contributed by atoms with Crippen LogP contribution in [0.25, 0.3) is 0 Å². The molecule has 0 fully saturated rings. The van der Waals surface area contributed by atoms with Gasteiger partial charge in [-0.25, -0.2) is 9.18 Å². The molecule has 122 valence electrons. The fraction of sp³-hybridized carbons (Fsp3) is 0.467. The molecule has 2 N–H and O–H groups in total. The summed E-state index contributed by atoms with van der Waals surface area (Å²) in [5.74, 6) is -0.783. The second-order valence-corrected chi connectivity index (χ2v) is 6.12. The van der Waals surface area contributed by atoms with Gasteiger partial charge in [0.1, 0.15) is 11.4 Å². The van der Waals surface area contributed by atoms with Crippen LogP contribution in [-0.2, 0) is 9.53 Å². The van der Waals surface area contributed by atoms with Crippen molar-refractivity contribution < 1.29 is 18.7 Å². The molecule has 0 aliphatic carbocycles. The van der Waals surface area contributed by atoms with Crippen LogP contribution in [0, 0.1) is 5.82 Å². The number of halogens is 2. The summed E-state index contributed by atoms with van der Waals surface area (Å²) >= 11 is 5.62. The molecule has 0 unspecified atom stereocenters. The van der Waals surface area contributed by atoms with Gasteiger partial charge in [-0.2, -0.15) is 0 Å². The average Bonchev–Trinajstić information content (AvgIpc) is 2.37. The first-order chi connectivity index (χ1) is 10.2. The first-order valence-electron chi connectivity index (χ1n) is 6.89. The molecule has 1 rings (SSSR count). The van der Waals surface area contributed by atoms with Crippen molar-refractivity contribution in [2.75, 3.05) is 11.9 Å². The Hall–Kier alpha value is -1.82. The van der Waals surface area contributed by atoms with Crippen molar-refractivity contribution in [2.24, 2.45) is 0 Å². The number of benzene rings is 1. The van der Waals surface area contributed by atoms with Crippen molar-refractivity contribution in [1.29, 1.82) is 0 Å². The Balaban J connectivity index is 2.26. The summed E-state index contributed by atoms with van der Waals surface area (Å²) in [6.07, 6.45) is 0.156. The van der Waals surface area contributed by atoms with E-state index in [0.717, 1.165) is 0 Å². The number of hydrogen-bond acceptors (Lipinski definition) is 3. The molecule has 5 nitrogen and oxygen atoms in total. The molecule has 7 heteroatoms.